The van der Waals surface area contributed by atoms with E-state index in [1.807, 2.05) is 24.3 Å². The summed E-state index contributed by atoms with van der Waals surface area (Å²) in [6.45, 7) is 6.25. The summed E-state index contributed by atoms with van der Waals surface area (Å²) < 4.78 is 21.8. The normalized spacial score (nSPS) is 12.4. The van der Waals surface area contributed by atoms with E-state index < -0.39 is 6.09 Å². The van der Waals surface area contributed by atoms with Crippen molar-refractivity contribution in [3.63, 3.8) is 0 Å². The monoisotopic (exact) mass is 427 g/mol. The van der Waals surface area contributed by atoms with E-state index in [9.17, 15) is 4.79 Å². The fourth-order valence-corrected chi connectivity index (χ4v) is 3.66. The number of hydrogen-bond acceptors (Lipinski definition) is 5. The van der Waals surface area contributed by atoms with E-state index in [0.717, 1.165) is 19.4 Å². The summed E-state index contributed by atoms with van der Waals surface area (Å²) in [5.74, 6) is 0.0671. The van der Waals surface area contributed by atoms with E-state index >= 15 is 0 Å². The van der Waals surface area contributed by atoms with Gasteiger partial charge in [0.15, 0.2) is 0 Å². The Morgan fingerprint density at radius 1 is 0.806 bits per heavy atom. The van der Waals surface area contributed by atoms with Crippen LogP contribution in [0.25, 0.3) is 11.1 Å². The maximum atomic E-state index is 12.1. The molecule has 2 aromatic carbocycles. The Kier molecular flexibility index (Phi) is 9.83. The smallest absolute Gasteiger partial charge is 0.407 e. The zero-order valence-corrected chi connectivity index (χ0v) is 18.3. The molecule has 6 heteroatoms. The van der Waals surface area contributed by atoms with Gasteiger partial charge in [-0.25, -0.2) is 4.79 Å². The van der Waals surface area contributed by atoms with Crippen LogP contribution in [0.2, 0.25) is 0 Å². The molecule has 1 amide bonds. The van der Waals surface area contributed by atoms with E-state index in [1.165, 1.54) is 22.3 Å². The SMILES string of the molecule is CCCCOCCOCCOCCNC(=O)OCC1c2ccccc2-c2ccccc21. The Hall–Kier alpha value is -2.41. The van der Waals surface area contributed by atoms with Gasteiger partial charge in [0.2, 0.25) is 0 Å². The molecular weight excluding hydrogens is 394 g/mol. The number of hydrogen-bond donors (Lipinski definition) is 1. The van der Waals surface area contributed by atoms with Gasteiger partial charge in [0.1, 0.15) is 6.61 Å². The highest BCUT2D eigenvalue weighted by Gasteiger charge is 2.28. The molecule has 2 aromatic rings. The van der Waals surface area contributed by atoms with Crippen LogP contribution in [-0.4, -0.2) is 58.9 Å². The molecule has 168 valence electrons. The Balaban J connectivity index is 1.26. The summed E-state index contributed by atoms with van der Waals surface area (Å²) in [6.07, 6.45) is 1.80. The summed E-state index contributed by atoms with van der Waals surface area (Å²) >= 11 is 0. The lowest BCUT2D eigenvalue weighted by Crippen LogP contribution is -2.29. The van der Waals surface area contributed by atoms with Gasteiger partial charge in [-0.05, 0) is 28.7 Å². The van der Waals surface area contributed by atoms with Crippen LogP contribution >= 0.6 is 0 Å². The van der Waals surface area contributed by atoms with Crippen LogP contribution in [0.1, 0.15) is 36.8 Å². The Morgan fingerprint density at radius 3 is 1.97 bits per heavy atom. The molecule has 0 aliphatic heterocycles. The second-order valence-corrected chi connectivity index (χ2v) is 7.44. The number of amides is 1. The molecule has 1 N–H and O–H groups in total. The lowest BCUT2D eigenvalue weighted by molar-refractivity contribution is 0.0145. The number of unbranched alkanes of at least 4 members (excludes halogenated alkanes) is 1. The fourth-order valence-electron chi connectivity index (χ4n) is 3.66. The fraction of sp³-hybridized carbons (Fsp3) is 0.480. The minimum atomic E-state index is -0.425. The number of alkyl carbamates (subject to hydrolysis) is 1. The van der Waals surface area contributed by atoms with Crippen molar-refractivity contribution in [1.82, 2.24) is 5.32 Å². The van der Waals surface area contributed by atoms with Crippen molar-refractivity contribution in [3.8, 4) is 11.1 Å². The van der Waals surface area contributed by atoms with Crippen molar-refractivity contribution in [2.45, 2.75) is 25.7 Å². The van der Waals surface area contributed by atoms with Gasteiger partial charge in [-0.15, -0.1) is 0 Å². The predicted molar refractivity (Wildman–Crippen MR) is 120 cm³/mol. The van der Waals surface area contributed by atoms with Crippen LogP contribution in [0.4, 0.5) is 4.79 Å². The largest absolute Gasteiger partial charge is 0.449 e. The van der Waals surface area contributed by atoms with Crippen LogP contribution in [-0.2, 0) is 18.9 Å². The number of carbonyl (C=O) groups is 1. The molecule has 1 aliphatic carbocycles. The van der Waals surface area contributed by atoms with Crippen LogP contribution in [0, 0.1) is 0 Å². The van der Waals surface area contributed by atoms with Gasteiger partial charge in [0.05, 0.1) is 33.0 Å². The van der Waals surface area contributed by atoms with Crippen molar-refractivity contribution in [2.75, 3.05) is 52.8 Å². The molecule has 0 spiro atoms. The van der Waals surface area contributed by atoms with Crippen molar-refractivity contribution in [2.24, 2.45) is 0 Å². The first kappa shape index (κ1) is 23.3. The lowest BCUT2D eigenvalue weighted by atomic mass is 9.98. The Labute approximate surface area is 184 Å². The minimum Gasteiger partial charge on any atom is -0.449 e. The van der Waals surface area contributed by atoms with Crippen LogP contribution in [0.5, 0.6) is 0 Å². The zero-order valence-electron chi connectivity index (χ0n) is 18.3. The minimum absolute atomic E-state index is 0.0671. The Bertz CT molecular complexity index is 765. The molecule has 0 saturated carbocycles. The molecule has 0 fully saturated rings. The van der Waals surface area contributed by atoms with Gasteiger partial charge in [-0.2, -0.15) is 0 Å². The quantitative estimate of drug-likeness (QED) is 0.454. The first-order valence-electron chi connectivity index (χ1n) is 11.1. The molecule has 31 heavy (non-hydrogen) atoms. The average molecular weight is 428 g/mol. The summed E-state index contributed by atoms with van der Waals surface area (Å²) in [7, 11) is 0. The van der Waals surface area contributed by atoms with Crippen molar-refractivity contribution >= 4 is 6.09 Å². The topological polar surface area (TPSA) is 66.0 Å². The van der Waals surface area contributed by atoms with Gasteiger partial charge in [0.25, 0.3) is 0 Å². The molecule has 0 aromatic heterocycles. The molecule has 1 aliphatic rings. The Morgan fingerprint density at radius 2 is 1.35 bits per heavy atom. The summed E-state index contributed by atoms with van der Waals surface area (Å²) in [5, 5.41) is 2.74. The molecule has 0 radical (unpaired) electrons. The third kappa shape index (κ3) is 7.06. The first-order chi connectivity index (χ1) is 15.3. The molecule has 0 atom stereocenters. The highest BCUT2D eigenvalue weighted by atomic mass is 16.6. The highest BCUT2D eigenvalue weighted by Crippen LogP contribution is 2.44. The van der Waals surface area contributed by atoms with Crippen molar-refractivity contribution in [3.05, 3.63) is 59.7 Å². The third-order valence-electron chi connectivity index (χ3n) is 5.25. The van der Waals surface area contributed by atoms with E-state index in [-0.39, 0.29) is 5.92 Å². The van der Waals surface area contributed by atoms with Crippen LogP contribution in [0.15, 0.2) is 48.5 Å². The molecule has 0 bridgehead atoms. The van der Waals surface area contributed by atoms with Gasteiger partial charge in [0, 0.05) is 19.1 Å². The number of carbonyl (C=O) groups excluding carboxylic acids is 1. The predicted octanol–water partition coefficient (Wildman–Crippen LogP) is 4.38. The maximum Gasteiger partial charge on any atom is 0.407 e. The molecule has 0 heterocycles. The maximum absolute atomic E-state index is 12.1. The molecular formula is C25H33NO5. The van der Waals surface area contributed by atoms with E-state index in [2.05, 4.69) is 36.5 Å². The van der Waals surface area contributed by atoms with Gasteiger partial charge in [-0.3, -0.25) is 0 Å². The van der Waals surface area contributed by atoms with Gasteiger partial charge in [-0.1, -0.05) is 61.9 Å². The molecule has 3 rings (SSSR count). The summed E-state index contributed by atoms with van der Waals surface area (Å²) in [6, 6.07) is 16.6. The highest BCUT2D eigenvalue weighted by molar-refractivity contribution is 5.79. The van der Waals surface area contributed by atoms with Crippen molar-refractivity contribution in [1.29, 1.82) is 0 Å². The number of ether oxygens (including phenoxy) is 4. The van der Waals surface area contributed by atoms with E-state index in [0.29, 0.717) is 46.2 Å². The number of nitrogens with one attached hydrogen (secondary N) is 1. The molecule has 0 unspecified atom stereocenters. The molecule has 6 nitrogen and oxygen atoms in total. The van der Waals surface area contributed by atoms with Crippen LogP contribution in [0.3, 0.4) is 0 Å². The van der Waals surface area contributed by atoms with E-state index in [1.54, 1.807) is 0 Å². The second kappa shape index (κ2) is 13.1. The first-order valence-corrected chi connectivity index (χ1v) is 11.1. The average Bonchev–Trinajstić information content (AvgIpc) is 3.12. The summed E-state index contributed by atoms with van der Waals surface area (Å²) in [5.41, 5.74) is 4.84. The van der Waals surface area contributed by atoms with Gasteiger partial charge >= 0.3 is 6.09 Å². The number of benzene rings is 2. The zero-order chi connectivity index (χ0) is 21.7. The second-order valence-electron chi connectivity index (χ2n) is 7.44. The lowest BCUT2D eigenvalue weighted by Gasteiger charge is -2.14. The van der Waals surface area contributed by atoms with Crippen molar-refractivity contribution < 1.29 is 23.7 Å². The standard InChI is InChI=1S/C25H33NO5/c1-2-3-13-28-15-17-30-18-16-29-14-12-26-25(27)31-19-24-22-10-6-4-8-20(22)21-9-5-7-11-23(21)24/h4-11,24H,2-3,12-19H2,1H3,(H,26,27). The number of rotatable bonds is 14. The molecule has 0 saturated heterocycles. The third-order valence-corrected chi connectivity index (χ3v) is 5.25. The summed E-state index contributed by atoms with van der Waals surface area (Å²) in [4.78, 5) is 12.1. The van der Waals surface area contributed by atoms with Gasteiger partial charge < -0.3 is 24.3 Å². The van der Waals surface area contributed by atoms with E-state index in [4.69, 9.17) is 18.9 Å². The number of fused-ring (bicyclic) bond motifs is 3. The van der Waals surface area contributed by atoms with Crippen LogP contribution < -0.4 is 5.32 Å².